The van der Waals surface area contributed by atoms with Gasteiger partial charge in [-0.3, -0.25) is 14.5 Å². The number of benzene rings is 2. The van der Waals surface area contributed by atoms with Gasteiger partial charge in [0.2, 0.25) is 11.0 Å². The number of hydrogen-bond acceptors (Lipinski definition) is 4. The van der Waals surface area contributed by atoms with Gasteiger partial charge in [0.1, 0.15) is 5.69 Å². The van der Waals surface area contributed by atoms with Gasteiger partial charge in [-0.05, 0) is 18.1 Å². The van der Waals surface area contributed by atoms with Gasteiger partial charge in [-0.25, -0.2) is 4.98 Å². The number of aliphatic carboxylic acids is 1. The van der Waals surface area contributed by atoms with Crippen molar-refractivity contribution in [3.8, 4) is 11.3 Å². The number of thiazole rings is 1. The van der Waals surface area contributed by atoms with Gasteiger partial charge in [0.05, 0.1) is 17.4 Å². The van der Waals surface area contributed by atoms with Crippen molar-refractivity contribution >= 4 is 39.9 Å². The van der Waals surface area contributed by atoms with E-state index in [2.05, 4.69) is 4.98 Å². The van der Waals surface area contributed by atoms with Gasteiger partial charge >= 0.3 is 5.97 Å². The van der Waals surface area contributed by atoms with Crippen LogP contribution in [0.3, 0.4) is 0 Å². The van der Waals surface area contributed by atoms with Crippen LogP contribution >= 0.6 is 22.9 Å². The van der Waals surface area contributed by atoms with Gasteiger partial charge in [0.15, 0.2) is 5.13 Å². The van der Waals surface area contributed by atoms with E-state index in [0.29, 0.717) is 10.6 Å². The van der Waals surface area contributed by atoms with Crippen molar-refractivity contribution in [2.24, 2.45) is 5.92 Å². The summed E-state index contributed by atoms with van der Waals surface area (Å²) in [4.78, 5) is 29.7. The summed E-state index contributed by atoms with van der Waals surface area (Å²) >= 11 is 6.85. The highest BCUT2D eigenvalue weighted by Crippen LogP contribution is 2.35. The molecule has 0 saturated carbocycles. The van der Waals surface area contributed by atoms with Crippen molar-refractivity contribution in [2.75, 3.05) is 11.9 Å². The fourth-order valence-electron chi connectivity index (χ4n) is 2.98. The molecule has 0 fully saturated rings. The van der Waals surface area contributed by atoms with Crippen molar-refractivity contribution in [2.45, 2.75) is 12.8 Å². The summed E-state index contributed by atoms with van der Waals surface area (Å²) in [7, 11) is 1.47. The lowest BCUT2D eigenvalue weighted by molar-refractivity contribution is -0.140. The lowest BCUT2D eigenvalue weighted by atomic mass is 9.95. The Kier molecular flexibility index (Phi) is 6.61. The van der Waals surface area contributed by atoms with E-state index in [0.717, 1.165) is 16.9 Å². The monoisotopic (exact) mass is 432 g/mol. The first-order valence-corrected chi connectivity index (χ1v) is 10.0. The summed E-state index contributed by atoms with van der Waals surface area (Å²) in [5, 5.41) is 9.16. The number of carbonyl (C=O) groups excluding carboxylic acids is 1. The number of halogens is 2. The van der Waals surface area contributed by atoms with Gasteiger partial charge in [-0.1, -0.05) is 71.5 Å². The molecule has 8 heteroatoms. The van der Waals surface area contributed by atoms with Crippen molar-refractivity contribution in [3.05, 3.63) is 70.3 Å². The van der Waals surface area contributed by atoms with Gasteiger partial charge in [-0.2, -0.15) is 4.39 Å². The van der Waals surface area contributed by atoms with Crippen LogP contribution in [0.4, 0.5) is 9.52 Å². The van der Waals surface area contributed by atoms with E-state index in [-0.39, 0.29) is 23.7 Å². The number of aromatic nitrogens is 1. The number of nitrogens with zero attached hydrogens (tertiary/aromatic N) is 2. The van der Waals surface area contributed by atoms with E-state index in [4.69, 9.17) is 11.6 Å². The quantitative estimate of drug-likeness (QED) is 0.576. The first kappa shape index (κ1) is 21.0. The van der Waals surface area contributed by atoms with E-state index in [1.807, 2.05) is 30.3 Å². The Labute approximate surface area is 176 Å². The number of amides is 1. The SMILES string of the molecule is CN(C(=O)C(CC(=O)O)Cc1ccccc1)c1nc(-c2ccccc2Cl)c(F)s1. The zero-order chi connectivity index (χ0) is 21.0. The third-order valence-electron chi connectivity index (χ3n) is 4.42. The molecule has 29 heavy (non-hydrogen) atoms. The number of anilines is 1. The third kappa shape index (κ3) is 4.99. The van der Waals surface area contributed by atoms with Gasteiger partial charge in [0, 0.05) is 12.6 Å². The Balaban J connectivity index is 1.86. The van der Waals surface area contributed by atoms with Crippen LogP contribution in [-0.4, -0.2) is 29.0 Å². The molecular weight excluding hydrogens is 415 g/mol. The predicted octanol–water partition coefficient (Wildman–Crippen LogP) is 4.90. The van der Waals surface area contributed by atoms with Crippen LogP contribution in [0.1, 0.15) is 12.0 Å². The summed E-state index contributed by atoms with van der Waals surface area (Å²) in [5.41, 5.74) is 1.34. The molecule has 1 atom stereocenters. The molecule has 0 radical (unpaired) electrons. The smallest absolute Gasteiger partial charge is 0.304 e. The number of carbonyl (C=O) groups is 2. The number of carboxylic acids is 1. The van der Waals surface area contributed by atoms with Crippen LogP contribution in [0.2, 0.25) is 5.02 Å². The van der Waals surface area contributed by atoms with Gasteiger partial charge in [0.25, 0.3) is 0 Å². The molecule has 0 aliphatic carbocycles. The van der Waals surface area contributed by atoms with E-state index in [1.54, 1.807) is 24.3 Å². The highest BCUT2D eigenvalue weighted by molar-refractivity contribution is 7.14. The second kappa shape index (κ2) is 9.15. The minimum atomic E-state index is -1.07. The molecule has 0 aliphatic heterocycles. The molecule has 5 nitrogen and oxygen atoms in total. The summed E-state index contributed by atoms with van der Waals surface area (Å²) in [6.07, 6.45) is -0.0646. The van der Waals surface area contributed by atoms with Gasteiger partial charge in [-0.15, -0.1) is 0 Å². The molecule has 1 aromatic heterocycles. The average Bonchev–Trinajstić information content (AvgIpc) is 3.08. The molecule has 2 aromatic carbocycles. The Bertz CT molecular complexity index is 1030. The maximum atomic E-state index is 14.5. The fraction of sp³-hybridized carbons (Fsp3) is 0.190. The topological polar surface area (TPSA) is 70.5 Å². The Morgan fingerprint density at radius 1 is 1.17 bits per heavy atom. The van der Waals surface area contributed by atoms with Crippen molar-refractivity contribution in [1.82, 2.24) is 4.98 Å². The molecule has 1 N–H and O–H groups in total. The van der Waals surface area contributed by atoms with Crippen molar-refractivity contribution in [3.63, 3.8) is 0 Å². The Morgan fingerprint density at radius 3 is 2.48 bits per heavy atom. The van der Waals surface area contributed by atoms with Crippen LogP contribution in [0.15, 0.2) is 54.6 Å². The predicted molar refractivity (Wildman–Crippen MR) is 112 cm³/mol. The third-order valence-corrected chi connectivity index (χ3v) is 5.67. The average molecular weight is 433 g/mol. The Hall–Kier alpha value is -2.77. The van der Waals surface area contributed by atoms with E-state index in [9.17, 15) is 19.1 Å². The molecule has 150 valence electrons. The second-order valence-electron chi connectivity index (χ2n) is 6.48. The molecule has 1 amide bonds. The number of carboxylic acid groups (broad SMARTS) is 1. The largest absolute Gasteiger partial charge is 0.481 e. The molecule has 3 aromatic rings. The highest BCUT2D eigenvalue weighted by Gasteiger charge is 2.28. The summed E-state index contributed by atoms with van der Waals surface area (Å²) < 4.78 is 14.5. The van der Waals surface area contributed by atoms with Gasteiger partial charge < -0.3 is 5.11 Å². The lowest BCUT2D eigenvalue weighted by Gasteiger charge is -2.21. The first-order valence-electron chi connectivity index (χ1n) is 8.81. The van der Waals surface area contributed by atoms with Crippen LogP contribution in [0, 0.1) is 11.0 Å². The number of hydrogen-bond donors (Lipinski definition) is 1. The summed E-state index contributed by atoms with van der Waals surface area (Å²) in [6.45, 7) is 0. The number of rotatable bonds is 7. The summed E-state index contributed by atoms with van der Waals surface area (Å²) in [6, 6.07) is 15.9. The van der Waals surface area contributed by atoms with Crippen LogP contribution < -0.4 is 4.90 Å². The molecule has 0 bridgehead atoms. The summed E-state index contributed by atoms with van der Waals surface area (Å²) in [5.74, 6) is -2.30. The van der Waals surface area contributed by atoms with Crippen LogP contribution in [0.5, 0.6) is 0 Å². The zero-order valence-electron chi connectivity index (χ0n) is 15.5. The minimum Gasteiger partial charge on any atom is -0.481 e. The normalized spacial score (nSPS) is 11.8. The molecule has 0 spiro atoms. The molecular formula is C21H18ClFN2O3S. The molecule has 0 saturated heterocycles. The maximum absolute atomic E-state index is 14.5. The molecule has 1 heterocycles. The van der Waals surface area contributed by atoms with Crippen LogP contribution in [-0.2, 0) is 16.0 Å². The first-order chi connectivity index (χ1) is 13.9. The highest BCUT2D eigenvalue weighted by atomic mass is 35.5. The molecule has 0 aliphatic rings. The standard InChI is InChI=1S/C21H18ClFN2O3S/c1-25(20(28)14(12-17(26)27)11-13-7-3-2-4-8-13)21-24-18(19(23)29-21)15-9-5-6-10-16(15)22/h2-10,14H,11-12H2,1H3,(H,26,27). The van der Waals surface area contributed by atoms with Crippen molar-refractivity contribution < 1.29 is 19.1 Å². The second-order valence-corrected chi connectivity index (χ2v) is 7.82. The van der Waals surface area contributed by atoms with E-state index >= 15 is 0 Å². The molecule has 1 unspecified atom stereocenters. The van der Waals surface area contributed by atoms with Crippen LogP contribution in [0.25, 0.3) is 11.3 Å². The minimum absolute atomic E-state index is 0.0630. The molecule has 3 rings (SSSR count). The maximum Gasteiger partial charge on any atom is 0.304 e. The van der Waals surface area contributed by atoms with E-state index in [1.165, 1.54) is 11.9 Å². The fourth-order valence-corrected chi connectivity index (χ4v) is 3.98. The van der Waals surface area contributed by atoms with Crippen molar-refractivity contribution in [1.29, 1.82) is 0 Å². The van der Waals surface area contributed by atoms with E-state index < -0.39 is 22.9 Å². The zero-order valence-corrected chi connectivity index (χ0v) is 17.1. The lowest BCUT2D eigenvalue weighted by Crippen LogP contribution is -2.35. The Morgan fingerprint density at radius 2 is 1.83 bits per heavy atom.